The van der Waals surface area contributed by atoms with Gasteiger partial charge in [0, 0.05) is 18.7 Å². The fourth-order valence-electron chi connectivity index (χ4n) is 3.05. The number of benzene rings is 3. The molecule has 1 N–H and O–H groups in total. The van der Waals surface area contributed by atoms with Crippen molar-refractivity contribution >= 4 is 28.1 Å². The van der Waals surface area contributed by atoms with Crippen molar-refractivity contribution in [2.75, 3.05) is 26.0 Å². The molecule has 0 heterocycles. The average Bonchev–Trinajstić information content (AvgIpc) is 2.67. The molecule has 0 saturated heterocycles. The van der Waals surface area contributed by atoms with E-state index < -0.39 is 4.92 Å². The molecule has 28 heavy (non-hydrogen) atoms. The highest BCUT2D eigenvalue weighted by atomic mass is 16.6. The SMILES string of the molecule is COc1ccc([N+](=O)[O-])cc1NC(=O)CN(C)Cc1ccc2ccccc2c1. The Balaban J connectivity index is 1.65. The van der Waals surface area contributed by atoms with Gasteiger partial charge >= 0.3 is 0 Å². The Morgan fingerprint density at radius 2 is 1.86 bits per heavy atom. The number of hydrogen-bond acceptors (Lipinski definition) is 5. The molecule has 7 heteroatoms. The van der Waals surface area contributed by atoms with Gasteiger partial charge in [0.15, 0.2) is 0 Å². The van der Waals surface area contributed by atoms with Crippen LogP contribution in [0.15, 0.2) is 60.7 Å². The molecule has 0 aliphatic carbocycles. The molecule has 3 aromatic carbocycles. The van der Waals surface area contributed by atoms with Crippen LogP contribution in [0, 0.1) is 10.1 Å². The second kappa shape index (κ2) is 8.49. The fourth-order valence-corrected chi connectivity index (χ4v) is 3.05. The monoisotopic (exact) mass is 379 g/mol. The fraction of sp³-hybridized carbons (Fsp3) is 0.190. The molecular weight excluding hydrogens is 358 g/mol. The van der Waals surface area contributed by atoms with E-state index in [1.807, 2.05) is 30.1 Å². The number of anilines is 1. The second-order valence-corrected chi connectivity index (χ2v) is 6.54. The Morgan fingerprint density at radius 3 is 2.57 bits per heavy atom. The lowest BCUT2D eigenvalue weighted by Gasteiger charge is -2.17. The standard InChI is InChI=1S/C21H21N3O4/c1-23(13-15-7-8-16-5-3-4-6-17(16)11-15)14-21(25)22-19-12-18(24(26)27)9-10-20(19)28-2/h3-12H,13-14H2,1-2H3,(H,22,25). The first-order valence-electron chi connectivity index (χ1n) is 8.75. The van der Waals surface area contributed by atoms with Crippen LogP contribution < -0.4 is 10.1 Å². The lowest BCUT2D eigenvalue weighted by atomic mass is 10.1. The van der Waals surface area contributed by atoms with Crippen LogP contribution in [0.1, 0.15) is 5.56 Å². The van der Waals surface area contributed by atoms with E-state index in [0.717, 1.165) is 10.9 Å². The van der Waals surface area contributed by atoms with Crippen LogP contribution >= 0.6 is 0 Å². The van der Waals surface area contributed by atoms with Crippen molar-refractivity contribution in [1.82, 2.24) is 4.90 Å². The van der Waals surface area contributed by atoms with E-state index in [1.165, 1.54) is 30.7 Å². The molecule has 0 spiro atoms. The maximum atomic E-state index is 12.4. The number of nitrogens with zero attached hydrogens (tertiary/aromatic N) is 2. The number of amides is 1. The number of nitro groups is 1. The van der Waals surface area contributed by atoms with Gasteiger partial charge < -0.3 is 10.1 Å². The quantitative estimate of drug-likeness (QED) is 0.498. The van der Waals surface area contributed by atoms with Gasteiger partial charge in [-0.3, -0.25) is 19.8 Å². The highest BCUT2D eigenvalue weighted by molar-refractivity contribution is 5.94. The Morgan fingerprint density at radius 1 is 1.11 bits per heavy atom. The summed E-state index contributed by atoms with van der Waals surface area (Å²) in [5.74, 6) is 0.0956. The van der Waals surface area contributed by atoms with Gasteiger partial charge in [-0.15, -0.1) is 0 Å². The molecule has 3 aromatic rings. The van der Waals surface area contributed by atoms with Crippen LogP contribution in [0.25, 0.3) is 10.8 Å². The molecule has 0 atom stereocenters. The molecule has 3 rings (SSSR count). The minimum atomic E-state index is -0.513. The highest BCUT2D eigenvalue weighted by Crippen LogP contribution is 2.28. The summed E-state index contributed by atoms with van der Waals surface area (Å²) in [6, 6.07) is 18.4. The molecule has 144 valence electrons. The first-order valence-corrected chi connectivity index (χ1v) is 8.75. The van der Waals surface area contributed by atoms with Gasteiger partial charge in [-0.05, 0) is 35.5 Å². The van der Waals surface area contributed by atoms with E-state index in [2.05, 4.69) is 29.6 Å². The first kappa shape index (κ1) is 19.3. The van der Waals surface area contributed by atoms with Gasteiger partial charge in [0.25, 0.3) is 5.69 Å². The molecule has 0 unspecified atom stereocenters. The van der Waals surface area contributed by atoms with E-state index in [-0.39, 0.29) is 23.8 Å². The van der Waals surface area contributed by atoms with Crippen molar-refractivity contribution < 1.29 is 14.5 Å². The summed E-state index contributed by atoms with van der Waals surface area (Å²) in [5, 5.41) is 16.0. The second-order valence-electron chi connectivity index (χ2n) is 6.54. The molecule has 0 aliphatic rings. The molecule has 0 bridgehead atoms. The minimum absolute atomic E-state index is 0.111. The van der Waals surface area contributed by atoms with Crippen LogP contribution in [-0.2, 0) is 11.3 Å². The van der Waals surface area contributed by atoms with E-state index in [4.69, 9.17) is 4.74 Å². The number of carbonyl (C=O) groups excluding carboxylic acids is 1. The summed E-state index contributed by atoms with van der Waals surface area (Å²) in [5.41, 5.74) is 1.27. The van der Waals surface area contributed by atoms with E-state index >= 15 is 0 Å². The number of rotatable bonds is 7. The summed E-state index contributed by atoms with van der Waals surface area (Å²) < 4.78 is 5.17. The number of likely N-dealkylation sites (N-methyl/N-ethyl adjacent to an activating group) is 1. The van der Waals surface area contributed by atoms with Crippen molar-refractivity contribution in [1.29, 1.82) is 0 Å². The predicted molar refractivity (Wildman–Crippen MR) is 109 cm³/mol. The van der Waals surface area contributed by atoms with Gasteiger partial charge in [-0.25, -0.2) is 0 Å². The smallest absolute Gasteiger partial charge is 0.271 e. The van der Waals surface area contributed by atoms with Gasteiger partial charge in [0.2, 0.25) is 5.91 Å². The zero-order chi connectivity index (χ0) is 20.1. The minimum Gasteiger partial charge on any atom is -0.495 e. The summed E-state index contributed by atoms with van der Waals surface area (Å²) in [7, 11) is 3.29. The van der Waals surface area contributed by atoms with Crippen LogP contribution in [0.5, 0.6) is 5.75 Å². The summed E-state index contributed by atoms with van der Waals surface area (Å²) in [4.78, 5) is 24.7. The maximum absolute atomic E-state index is 12.4. The first-order chi connectivity index (χ1) is 13.5. The van der Waals surface area contributed by atoms with Crippen molar-refractivity contribution in [3.63, 3.8) is 0 Å². The van der Waals surface area contributed by atoms with Gasteiger partial charge in [0.05, 0.1) is 24.3 Å². The van der Waals surface area contributed by atoms with Crippen LogP contribution in [0.3, 0.4) is 0 Å². The predicted octanol–water partition coefficient (Wildman–Crippen LogP) is 3.83. The number of carbonyl (C=O) groups is 1. The third-order valence-electron chi connectivity index (χ3n) is 4.35. The maximum Gasteiger partial charge on any atom is 0.271 e. The normalized spacial score (nSPS) is 10.8. The lowest BCUT2D eigenvalue weighted by Crippen LogP contribution is -2.30. The van der Waals surface area contributed by atoms with Crippen molar-refractivity contribution in [2.24, 2.45) is 0 Å². The number of non-ortho nitro benzene ring substituents is 1. The number of methoxy groups -OCH3 is 1. The van der Waals surface area contributed by atoms with Gasteiger partial charge in [-0.2, -0.15) is 0 Å². The molecule has 0 aromatic heterocycles. The third-order valence-corrected chi connectivity index (χ3v) is 4.35. The number of nitro benzene ring substituents is 1. The topological polar surface area (TPSA) is 84.7 Å². The number of nitrogens with one attached hydrogen (secondary N) is 1. The van der Waals surface area contributed by atoms with Gasteiger partial charge in [0.1, 0.15) is 5.75 Å². The Labute approximate surface area is 162 Å². The Hall–Kier alpha value is -3.45. The number of fused-ring (bicyclic) bond motifs is 1. The van der Waals surface area contributed by atoms with Crippen molar-refractivity contribution in [3.8, 4) is 5.75 Å². The molecular formula is C21H21N3O4. The van der Waals surface area contributed by atoms with E-state index in [9.17, 15) is 14.9 Å². The molecule has 0 fully saturated rings. The largest absolute Gasteiger partial charge is 0.495 e. The van der Waals surface area contributed by atoms with Crippen molar-refractivity contribution in [3.05, 3.63) is 76.3 Å². The zero-order valence-corrected chi connectivity index (χ0v) is 15.7. The number of ether oxygens (including phenoxy) is 1. The van der Waals surface area contributed by atoms with E-state index in [0.29, 0.717) is 12.3 Å². The van der Waals surface area contributed by atoms with Gasteiger partial charge in [-0.1, -0.05) is 36.4 Å². The average molecular weight is 379 g/mol. The van der Waals surface area contributed by atoms with Crippen molar-refractivity contribution in [2.45, 2.75) is 6.54 Å². The summed E-state index contributed by atoms with van der Waals surface area (Å²) in [6.07, 6.45) is 0. The molecule has 0 radical (unpaired) electrons. The van der Waals surface area contributed by atoms with Crippen LogP contribution in [0.2, 0.25) is 0 Å². The molecule has 0 saturated carbocycles. The zero-order valence-electron chi connectivity index (χ0n) is 15.7. The summed E-state index contributed by atoms with van der Waals surface area (Å²) in [6.45, 7) is 0.739. The summed E-state index contributed by atoms with van der Waals surface area (Å²) >= 11 is 0. The third kappa shape index (κ3) is 4.63. The molecule has 1 amide bonds. The number of hydrogen-bond donors (Lipinski definition) is 1. The highest BCUT2D eigenvalue weighted by Gasteiger charge is 2.15. The Kier molecular flexibility index (Phi) is 5.86. The Bertz CT molecular complexity index is 1020. The van der Waals surface area contributed by atoms with Crippen LogP contribution in [-0.4, -0.2) is 36.4 Å². The molecule has 0 aliphatic heterocycles. The van der Waals surface area contributed by atoms with E-state index in [1.54, 1.807) is 0 Å². The lowest BCUT2D eigenvalue weighted by molar-refractivity contribution is -0.384. The van der Waals surface area contributed by atoms with Crippen LogP contribution in [0.4, 0.5) is 11.4 Å². The molecule has 7 nitrogen and oxygen atoms in total.